The fourth-order valence-electron chi connectivity index (χ4n) is 3.76. The number of amides is 1. The van der Waals surface area contributed by atoms with E-state index in [1.807, 2.05) is 13.8 Å². The molecule has 0 unspecified atom stereocenters. The minimum Gasteiger partial charge on any atom is -0.444 e. The molecule has 3 rings (SSSR count). The van der Waals surface area contributed by atoms with Gasteiger partial charge in [0.25, 0.3) is 0 Å². The molecule has 0 aromatic heterocycles. The van der Waals surface area contributed by atoms with Gasteiger partial charge in [-0.3, -0.25) is 0 Å². The maximum atomic E-state index is 12.2. The first kappa shape index (κ1) is 21.4. The number of alkyl carbamates (subject to hydrolysis) is 1. The maximum absolute atomic E-state index is 12.2. The van der Waals surface area contributed by atoms with Gasteiger partial charge in [0.15, 0.2) is 11.6 Å². The third-order valence-electron chi connectivity index (χ3n) is 4.71. The molecule has 3 fully saturated rings. The predicted molar refractivity (Wildman–Crippen MR) is 96.6 cm³/mol. The number of fused-ring (bicyclic) bond motifs is 1. The van der Waals surface area contributed by atoms with Crippen LogP contribution in [-0.4, -0.2) is 72.7 Å². The molecule has 0 bridgehead atoms. The molecular weight excluding hydrogens is 370 g/mol. The summed E-state index contributed by atoms with van der Waals surface area (Å²) in [6.45, 7) is 12.8. The Hall–Kier alpha value is -1.26. The normalized spacial score (nSPS) is 37.3. The van der Waals surface area contributed by atoms with E-state index in [9.17, 15) is 9.59 Å². The molecule has 0 aromatic carbocycles. The molecule has 28 heavy (non-hydrogen) atoms. The highest BCUT2D eigenvalue weighted by Crippen LogP contribution is 2.42. The van der Waals surface area contributed by atoms with Crippen molar-refractivity contribution in [2.75, 3.05) is 6.61 Å². The summed E-state index contributed by atoms with van der Waals surface area (Å²) in [4.78, 5) is 23.9. The molecule has 0 radical (unpaired) electrons. The Labute approximate surface area is 165 Å². The lowest BCUT2D eigenvalue weighted by molar-refractivity contribution is -0.208. The molecule has 1 N–H and O–H groups in total. The van der Waals surface area contributed by atoms with E-state index in [0.29, 0.717) is 12.9 Å². The van der Waals surface area contributed by atoms with Crippen LogP contribution < -0.4 is 5.32 Å². The third kappa shape index (κ3) is 4.65. The SMILES string of the molecule is CC(C)(C)OC(=O)N[C@@H](C=O)[C@@H]1O[C@H]([C@H]2COC(C)(C)O2)[C@@H]2OC(C)(C)O[C@@H]21. The van der Waals surface area contributed by atoms with E-state index in [0.717, 1.165) is 0 Å². The Morgan fingerprint density at radius 2 is 1.71 bits per heavy atom. The second-order valence-corrected chi connectivity index (χ2v) is 9.31. The van der Waals surface area contributed by atoms with Crippen LogP contribution in [0.2, 0.25) is 0 Å². The molecule has 0 spiro atoms. The van der Waals surface area contributed by atoms with Crippen molar-refractivity contribution >= 4 is 12.4 Å². The summed E-state index contributed by atoms with van der Waals surface area (Å²) in [5, 5.41) is 2.57. The van der Waals surface area contributed by atoms with E-state index in [-0.39, 0.29) is 6.10 Å². The Balaban J connectivity index is 1.76. The van der Waals surface area contributed by atoms with Crippen molar-refractivity contribution in [1.29, 1.82) is 0 Å². The molecule has 0 aliphatic carbocycles. The van der Waals surface area contributed by atoms with Crippen molar-refractivity contribution in [2.24, 2.45) is 0 Å². The van der Waals surface area contributed by atoms with E-state index >= 15 is 0 Å². The van der Waals surface area contributed by atoms with Crippen molar-refractivity contribution in [1.82, 2.24) is 5.32 Å². The molecule has 9 nitrogen and oxygen atoms in total. The van der Waals surface area contributed by atoms with Crippen LogP contribution in [0.1, 0.15) is 48.5 Å². The van der Waals surface area contributed by atoms with Gasteiger partial charge in [-0.2, -0.15) is 0 Å². The van der Waals surface area contributed by atoms with Gasteiger partial charge in [-0.25, -0.2) is 4.79 Å². The summed E-state index contributed by atoms with van der Waals surface area (Å²) >= 11 is 0. The second kappa shape index (κ2) is 7.21. The molecule has 0 saturated carbocycles. The lowest BCUT2D eigenvalue weighted by Gasteiger charge is -2.29. The van der Waals surface area contributed by atoms with E-state index in [2.05, 4.69) is 5.32 Å². The van der Waals surface area contributed by atoms with Crippen LogP contribution in [0.4, 0.5) is 4.79 Å². The smallest absolute Gasteiger partial charge is 0.408 e. The highest BCUT2D eigenvalue weighted by atomic mass is 16.8. The fraction of sp³-hybridized carbons (Fsp3) is 0.895. The molecule has 1 amide bonds. The van der Waals surface area contributed by atoms with Crippen LogP contribution in [0.5, 0.6) is 0 Å². The lowest BCUT2D eigenvalue weighted by Crippen LogP contribution is -2.51. The average Bonchev–Trinajstić information content (AvgIpc) is 3.13. The number of hydrogen-bond acceptors (Lipinski definition) is 8. The van der Waals surface area contributed by atoms with E-state index in [1.165, 1.54) is 0 Å². The zero-order chi connectivity index (χ0) is 20.9. The molecule has 3 aliphatic rings. The average molecular weight is 401 g/mol. The van der Waals surface area contributed by atoms with Gasteiger partial charge >= 0.3 is 6.09 Å². The number of carbonyl (C=O) groups is 2. The topological polar surface area (TPSA) is 102 Å². The summed E-state index contributed by atoms with van der Waals surface area (Å²) in [6.07, 6.45) is -2.69. The lowest BCUT2D eigenvalue weighted by atomic mass is 10.0. The van der Waals surface area contributed by atoms with Crippen molar-refractivity contribution < 1.29 is 38.0 Å². The van der Waals surface area contributed by atoms with Crippen LogP contribution in [-0.2, 0) is 33.2 Å². The van der Waals surface area contributed by atoms with E-state index in [1.54, 1.807) is 34.6 Å². The van der Waals surface area contributed by atoms with Crippen molar-refractivity contribution in [3.8, 4) is 0 Å². The Kier molecular flexibility index (Phi) is 5.52. The van der Waals surface area contributed by atoms with Crippen LogP contribution in [0.25, 0.3) is 0 Å². The van der Waals surface area contributed by atoms with Crippen molar-refractivity contribution in [3.05, 3.63) is 0 Å². The highest BCUT2D eigenvalue weighted by molar-refractivity contribution is 5.74. The van der Waals surface area contributed by atoms with Crippen LogP contribution in [0.3, 0.4) is 0 Å². The fourth-order valence-corrected chi connectivity index (χ4v) is 3.76. The number of ether oxygens (including phenoxy) is 6. The number of hydrogen-bond donors (Lipinski definition) is 1. The standard InChI is InChI=1S/C19H31NO8/c1-17(2,3)28-16(22)20-10(8-21)12-14-15(27-19(6,7)26-14)13(24-12)11-9-23-18(4,5)25-11/h8,10-15H,9H2,1-7H3,(H,20,22)/t10-,11+,12-,13+,14+,15-/m0/s1. The summed E-state index contributed by atoms with van der Waals surface area (Å²) in [6, 6.07) is -0.958. The first-order chi connectivity index (χ1) is 12.8. The van der Waals surface area contributed by atoms with E-state index < -0.39 is 53.7 Å². The predicted octanol–water partition coefficient (Wildman–Crippen LogP) is 1.52. The number of carbonyl (C=O) groups excluding carboxylic acids is 2. The number of nitrogens with one attached hydrogen (secondary N) is 1. The Morgan fingerprint density at radius 1 is 1.07 bits per heavy atom. The molecule has 9 heteroatoms. The van der Waals surface area contributed by atoms with Crippen LogP contribution >= 0.6 is 0 Å². The zero-order valence-corrected chi connectivity index (χ0v) is 17.5. The highest BCUT2D eigenvalue weighted by Gasteiger charge is 2.60. The van der Waals surface area contributed by atoms with Gasteiger partial charge in [0, 0.05) is 0 Å². The summed E-state index contributed by atoms with van der Waals surface area (Å²) in [5.41, 5.74) is -0.686. The van der Waals surface area contributed by atoms with E-state index in [4.69, 9.17) is 28.4 Å². The number of rotatable bonds is 4. The molecule has 160 valence electrons. The van der Waals surface area contributed by atoms with Crippen LogP contribution in [0, 0.1) is 0 Å². The Bertz CT molecular complexity index is 614. The molecule has 3 saturated heterocycles. The quantitative estimate of drug-likeness (QED) is 0.708. The monoisotopic (exact) mass is 401 g/mol. The molecule has 3 aliphatic heterocycles. The molecular formula is C19H31NO8. The number of aldehydes is 1. The second-order valence-electron chi connectivity index (χ2n) is 9.31. The van der Waals surface area contributed by atoms with Crippen LogP contribution in [0.15, 0.2) is 0 Å². The first-order valence-electron chi connectivity index (χ1n) is 9.58. The van der Waals surface area contributed by atoms with Gasteiger partial charge in [0.1, 0.15) is 48.4 Å². The van der Waals surface area contributed by atoms with Crippen molar-refractivity contribution in [2.45, 2.75) is 102 Å². The van der Waals surface area contributed by atoms with Gasteiger partial charge < -0.3 is 38.5 Å². The molecule has 6 atom stereocenters. The molecule has 3 heterocycles. The van der Waals surface area contributed by atoms with Gasteiger partial charge in [-0.15, -0.1) is 0 Å². The summed E-state index contributed by atoms with van der Waals surface area (Å²) in [7, 11) is 0. The summed E-state index contributed by atoms with van der Waals surface area (Å²) < 4.78 is 35.0. The minimum atomic E-state index is -0.958. The molecule has 0 aromatic rings. The van der Waals surface area contributed by atoms with Gasteiger partial charge in [0.05, 0.1) is 6.61 Å². The maximum Gasteiger partial charge on any atom is 0.408 e. The largest absolute Gasteiger partial charge is 0.444 e. The third-order valence-corrected chi connectivity index (χ3v) is 4.71. The van der Waals surface area contributed by atoms with Crippen molar-refractivity contribution in [3.63, 3.8) is 0 Å². The van der Waals surface area contributed by atoms with Gasteiger partial charge in [0.2, 0.25) is 0 Å². The van der Waals surface area contributed by atoms with Gasteiger partial charge in [-0.1, -0.05) is 0 Å². The zero-order valence-electron chi connectivity index (χ0n) is 17.5. The minimum absolute atomic E-state index is 0.336. The Morgan fingerprint density at radius 3 is 2.25 bits per heavy atom. The first-order valence-corrected chi connectivity index (χ1v) is 9.58. The van der Waals surface area contributed by atoms with Gasteiger partial charge in [-0.05, 0) is 48.5 Å². The summed E-state index contributed by atoms with van der Waals surface area (Å²) in [5.74, 6) is -1.57.